The van der Waals surface area contributed by atoms with Crippen LogP contribution in [0.15, 0.2) is 24.3 Å². The minimum absolute atomic E-state index is 0.0893. The van der Waals surface area contributed by atoms with Gasteiger partial charge in [-0.25, -0.2) is 0 Å². The van der Waals surface area contributed by atoms with Crippen molar-refractivity contribution in [3.8, 4) is 5.75 Å². The number of amides is 1. The van der Waals surface area contributed by atoms with Crippen LogP contribution < -0.4 is 15.8 Å². The molecule has 20 heavy (non-hydrogen) atoms. The highest BCUT2D eigenvalue weighted by Gasteiger charge is 2.40. The highest BCUT2D eigenvalue weighted by atomic mass is 19.4. The van der Waals surface area contributed by atoms with E-state index in [9.17, 15) is 18.0 Å². The van der Waals surface area contributed by atoms with E-state index in [1.54, 1.807) is 0 Å². The average molecular weight is 288 g/mol. The molecule has 0 atom stereocenters. The first-order valence-corrected chi connectivity index (χ1v) is 6.18. The molecule has 1 fully saturated rings. The Labute approximate surface area is 114 Å². The summed E-state index contributed by atoms with van der Waals surface area (Å²) in [5.41, 5.74) is 5.52. The van der Waals surface area contributed by atoms with E-state index >= 15 is 0 Å². The molecule has 3 N–H and O–H groups in total. The summed E-state index contributed by atoms with van der Waals surface area (Å²) >= 11 is 0. The third-order valence-electron chi connectivity index (χ3n) is 3.21. The molecule has 0 aliphatic heterocycles. The average Bonchev–Trinajstić information content (AvgIpc) is 2.34. The zero-order valence-corrected chi connectivity index (χ0v) is 10.7. The second kappa shape index (κ2) is 5.32. The molecule has 7 heteroatoms. The molecule has 2 rings (SSSR count). The number of halogens is 3. The summed E-state index contributed by atoms with van der Waals surface area (Å²) in [6.07, 6.45) is -2.16. The van der Waals surface area contributed by atoms with E-state index in [1.165, 1.54) is 24.3 Å². The number of hydrogen-bond donors (Lipinski definition) is 2. The standard InChI is InChI=1S/C13H15F3N2O2/c14-13(15,16)8-20-10-4-2-9(3-5-10)18-11(19)12(17)6-1-7-12/h2-5H,1,6-8,17H2,(H,18,19). The molecule has 0 heterocycles. The minimum atomic E-state index is -4.37. The third kappa shape index (κ3) is 3.63. The summed E-state index contributed by atoms with van der Waals surface area (Å²) < 4.78 is 40.5. The van der Waals surface area contributed by atoms with E-state index in [4.69, 9.17) is 5.73 Å². The molecule has 1 aromatic rings. The van der Waals surface area contributed by atoms with Gasteiger partial charge in [-0.15, -0.1) is 0 Å². The first-order valence-electron chi connectivity index (χ1n) is 6.18. The largest absolute Gasteiger partial charge is 0.484 e. The van der Waals surface area contributed by atoms with Crippen molar-refractivity contribution in [3.63, 3.8) is 0 Å². The summed E-state index contributed by atoms with van der Waals surface area (Å²) in [4.78, 5) is 11.8. The van der Waals surface area contributed by atoms with Crippen LogP contribution in [0.4, 0.5) is 18.9 Å². The lowest BCUT2D eigenvalue weighted by molar-refractivity contribution is -0.153. The highest BCUT2D eigenvalue weighted by molar-refractivity contribution is 5.98. The van der Waals surface area contributed by atoms with Crippen molar-refractivity contribution in [2.75, 3.05) is 11.9 Å². The lowest BCUT2D eigenvalue weighted by Crippen LogP contribution is -2.56. The molecule has 4 nitrogen and oxygen atoms in total. The molecule has 1 saturated carbocycles. The van der Waals surface area contributed by atoms with Crippen LogP contribution in [0, 0.1) is 0 Å². The number of benzene rings is 1. The fraction of sp³-hybridized carbons (Fsp3) is 0.462. The number of ether oxygens (including phenoxy) is 1. The minimum Gasteiger partial charge on any atom is -0.484 e. The van der Waals surface area contributed by atoms with Crippen molar-refractivity contribution in [2.45, 2.75) is 31.0 Å². The van der Waals surface area contributed by atoms with E-state index in [-0.39, 0.29) is 11.7 Å². The molecular formula is C13H15F3N2O2. The Kier molecular flexibility index (Phi) is 3.89. The van der Waals surface area contributed by atoms with Crippen molar-refractivity contribution in [3.05, 3.63) is 24.3 Å². The van der Waals surface area contributed by atoms with Gasteiger partial charge in [0.1, 0.15) is 5.75 Å². The molecular weight excluding hydrogens is 273 g/mol. The quantitative estimate of drug-likeness (QED) is 0.894. The number of anilines is 1. The van der Waals surface area contributed by atoms with Crippen LogP contribution in [0.5, 0.6) is 5.75 Å². The van der Waals surface area contributed by atoms with Crippen LogP contribution in [0.3, 0.4) is 0 Å². The van der Waals surface area contributed by atoms with Gasteiger partial charge in [0, 0.05) is 5.69 Å². The molecule has 1 aliphatic rings. The normalized spacial score (nSPS) is 17.2. The number of alkyl halides is 3. The van der Waals surface area contributed by atoms with Gasteiger partial charge in [0.25, 0.3) is 0 Å². The van der Waals surface area contributed by atoms with Gasteiger partial charge in [-0.1, -0.05) is 0 Å². The van der Waals surface area contributed by atoms with Crippen LogP contribution in [0.25, 0.3) is 0 Å². The zero-order chi connectivity index (χ0) is 14.8. The molecule has 0 saturated heterocycles. The molecule has 1 aromatic carbocycles. The molecule has 1 aliphatic carbocycles. The molecule has 0 aromatic heterocycles. The summed E-state index contributed by atoms with van der Waals surface area (Å²) in [6, 6.07) is 5.69. The first kappa shape index (κ1) is 14.6. The van der Waals surface area contributed by atoms with Crippen molar-refractivity contribution >= 4 is 11.6 Å². The number of nitrogens with two attached hydrogens (primary N) is 1. The molecule has 110 valence electrons. The van der Waals surface area contributed by atoms with Gasteiger partial charge >= 0.3 is 6.18 Å². The fourth-order valence-electron chi connectivity index (χ4n) is 1.84. The van der Waals surface area contributed by atoms with Crippen LogP contribution in [-0.2, 0) is 4.79 Å². The van der Waals surface area contributed by atoms with Gasteiger partial charge in [-0.05, 0) is 43.5 Å². The van der Waals surface area contributed by atoms with Gasteiger partial charge in [0.2, 0.25) is 5.91 Å². The van der Waals surface area contributed by atoms with Gasteiger partial charge in [0.15, 0.2) is 6.61 Å². The lowest BCUT2D eigenvalue weighted by Gasteiger charge is -2.36. The van der Waals surface area contributed by atoms with E-state index in [0.29, 0.717) is 18.5 Å². The molecule has 0 bridgehead atoms. The van der Waals surface area contributed by atoms with Gasteiger partial charge in [-0.3, -0.25) is 4.79 Å². The predicted molar refractivity (Wildman–Crippen MR) is 67.4 cm³/mol. The molecule has 0 spiro atoms. The second-order valence-corrected chi connectivity index (χ2v) is 4.89. The Morgan fingerprint density at radius 2 is 1.90 bits per heavy atom. The van der Waals surface area contributed by atoms with Crippen molar-refractivity contribution < 1.29 is 22.7 Å². The number of carbonyl (C=O) groups is 1. The number of carbonyl (C=O) groups excluding carboxylic acids is 1. The number of rotatable bonds is 4. The van der Waals surface area contributed by atoms with Gasteiger partial charge in [-0.2, -0.15) is 13.2 Å². The van der Waals surface area contributed by atoms with Crippen molar-refractivity contribution in [2.24, 2.45) is 5.73 Å². The molecule has 1 amide bonds. The van der Waals surface area contributed by atoms with E-state index < -0.39 is 18.3 Å². The predicted octanol–water partition coefficient (Wildman–Crippen LogP) is 2.45. The maximum absolute atomic E-state index is 12.0. The maximum Gasteiger partial charge on any atom is 0.422 e. The van der Waals surface area contributed by atoms with E-state index in [0.717, 1.165) is 6.42 Å². The summed E-state index contributed by atoms with van der Waals surface area (Å²) in [5, 5.41) is 2.64. The zero-order valence-electron chi connectivity index (χ0n) is 10.7. The van der Waals surface area contributed by atoms with Crippen LogP contribution in [-0.4, -0.2) is 24.2 Å². The summed E-state index contributed by atoms with van der Waals surface area (Å²) in [6.45, 7) is -1.34. The Balaban J connectivity index is 1.90. The van der Waals surface area contributed by atoms with Crippen LogP contribution in [0.2, 0.25) is 0 Å². The topological polar surface area (TPSA) is 64.4 Å². The lowest BCUT2D eigenvalue weighted by atomic mass is 9.77. The van der Waals surface area contributed by atoms with Crippen molar-refractivity contribution in [1.82, 2.24) is 0 Å². The number of nitrogens with one attached hydrogen (secondary N) is 1. The molecule has 0 radical (unpaired) electrons. The fourth-order valence-corrected chi connectivity index (χ4v) is 1.84. The second-order valence-electron chi connectivity index (χ2n) is 4.89. The van der Waals surface area contributed by atoms with E-state index in [1.807, 2.05) is 0 Å². The summed E-state index contributed by atoms with van der Waals surface area (Å²) in [7, 11) is 0. The SMILES string of the molecule is NC1(C(=O)Nc2ccc(OCC(F)(F)F)cc2)CCC1. The van der Waals surface area contributed by atoms with Crippen LogP contribution in [0.1, 0.15) is 19.3 Å². The van der Waals surface area contributed by atoms with E-state index in [2.05, 4.69) is 10.1 Å². The number of hydrogen-bond acceptors (Lipinski definition) is 3. The Bertz CT molecular complexity index is 481. The van der Waals surface area contributed by atoms with Gasteiger partial charge in [0.05, 0.1) is 5.54 Å². The first-order chi connectivity index (χ1) is 9.28. The smallest absolute Gasteiger partial charge is 0.422 e. The monoisotopic (exact) mass is 288 g/mol. The Morgan fingerprint density at radius 1 is 1.30 bits per heavy atom. The third-order valence-corrected chi connectivity index (χ3v) is 3.21. The Hall–Kier alpha value is -1.76. The highest BCUT2D eigenvalue weighted by Crippen LogP contribution is 2.30. The Morgan fingerprint density at radius 3 is 2.35 bits per heavy atom. The summed E-state index contributed by atoms with van der Waals surface area (Å²) in [5.74, 6) is -0.181. The maximum atomic E-state index is 12.0. The molecule has 0 unspecified atom stereocenters. The van der Waals surface area contributed by atoms with Crippen molar-refractivity contribution in [1.29, 1.82) is 0 Å². The van der Waals surface area contributed by atoms with Crippen LogP contribution >= 0.6 is 0 Å². The van der Waals surface area contributed by atoms with Gasteiger partial charge < -0.3 is 15.8 Å².